The Kier molecular flexibility index (Phi) is 2.57. The molecule has 0 radical (unpaired) electrons. The monoisotopic (exact) mass is 181 g/mol. The van der Waals surface area contributed by atoms with E-state index < -0.39 is 0 Å². The quantitative estimate of drug-likeness (QED) is 0.232. The third kappa shape index (κ3) is 4.22. The van der Waals surface area contributed by atoms with E-state index in [4.69, 9.17) is 6.57 Å². The second-order valence-electron chi connectivity index (χ2n) is 0.703. The molecule has 0 heterocycles. The molecule has 0 amide bonds. The van der Waals surface area contributed by atoms with Gasteiger partial charge in [-0.05, 0) is 0 Å². The van der Waals surface area contributed by atoms with Gasteiger partial charge in [0.05, 0.1) is 0 Å². The topological polar surface area (TPSA) is 4.36 Å². The number of alkyl halides is 1. The van der Waals surface area contributed by atoms with Gasteiger partial charge < -0.3 is 4.85 Å². The normalized spacial score (nSPS) is 13.0. The van der Waals surface area contributed by atoms with Gasteiger partial charge >= 0.3 is 0 Å². The first kappa shape index (κ1) is 5.22. The summed E-state index contributed by atoms with van der Waals surface area (Å²) in [5, 5.41) is 0. The fourth-order valence-corrected chi connectivity index (χ4v) is 0. The first-order valence-electron chi connectivity index (χ1n) is 1.28. The van der Waals surface area contributed by atoms with Crippen molar-refractivity contribution in [3.05, 3.63) is 11.4 Å². The van der Waals surface area contributed by atoms with Crippen molar-refractivity contribution < 1.29 is 0 Å². The molecule has 0 aliphatic heterocycles. The van der Waals surface area contributed by atoms with Crippen LogP contribution in [0.15, 0.2) is 0 Å². The molecule has 1 atom stereocenters. The summed E-state index contributed by atoms with van der Waals surface area (Å²) in [7, 11) is 0. The second kappa shape index (κ2) is 2.46. The van der Waals surface area contributed by atoms with Crippen LogP contribution in [0.4, 0.5) is 0 Å². The molecule has 0 aromatic rings. The van der Waals surface area contributed by atoms with E-state index in [0.717, 1.165) is 0 Å². The Balaban J connectivity index is 2.94. The van der Waals surface area contributed by atoms with Crippen LogP contribution in [0.25, 0.3) is 4.85 Å². The van der Waals surface area contributed by atoms with Gasteiger partial charge in [-0.1, -0.05) is 0 Å². The average molecular weight is 181 g/mol. The van der Waals surface area contributed by atoms with E-state index in [2.05, 4.69) is 27.4 Å². The molecule has 5 heavy (non-hydrogen) atoms. The van der Waals surface area contributed by atoms with Crippen molar-refractivity contribution in [3.63, 3.8) is 0 Å². The van der Waals surface area contributed by atoms with Crippen molar-refractivity contribution >= 4 is 22.6 Å². The van der Waals surface area contributed by atoms with Crippen LogP contribution in [0.2, 0.25) is 0 Å². The predicted molar refractivity (Wildman–Crippen MR) is 30.1 cm³/mol. The molecule has 0 spiro atoms. The van der Waals surface area contributed by atoms with E-state index in [1.807, 2.05) is 6.92 Å². The van der Waals surface area contributed by atoms with Gasteiger partial charge in [-0.25, -0.2) is 6.57 Å². The lowest BCUT2D eigenvalue weighted by Crippen LogP contribution is -1.69. The highest BCUT2D eigenvalue weighted by molar-refractivity contribution is 14.1. The fraction of sp³-hybridized carbons (Fsp3) is 0.667. The van der Waals surface area contributed by atoms with E-state index >= 15 is 0 Å². The van der Waals surface area contributed by atoms with E-state index in [1.165, 1.54) is 0 Å². The number of hydrogen-bond donors (Lipinski definition) is 0. The van der Waals surface area contributed by atoms with E-state index in [0.29, 0.717) is 0 Å². The lowest BCUT2D eigenvalue weighted by Gasteiger charge is -1.72. The van der Waals surface area contributed by atoms with Crippen LogP contribution >= 0.6 is 22.6 Å². The van der Waals surface area contributed by atoms with Crippen molar-refractivity contribution in [1.82, 2.24) is 0 Å². The Morgan fingerprint density at radius 3 is 2.20 bits per heavy atom. The zero-order valence-corrected chi connectivity index (χ0v) is 5.06. The van der Waals surface area contributed by atoms with E-state index in [1.54, 1.807) is 0 Å². The lowest BCUT2D eigenvalue weighted by atomic mass is 10.8. The third-order valence-corrected chi connectivity index (χ3v) is 0.456. The van der Waals surface area contributed by atoms with Crippen molar-refractivity contribution in [1.29, 1.82) is 0 Å². The molecule has 0 rings (SSSR count). The van der Waals surface area contributed by atoms with Gasteiger partial charge in [0.15, 0.2) is 0 Å². The molecule has 0 saturated carbocycles. The molecule has 0 aliphatic rings. The second-order valence-corrected chi connectivity index (χ2v) is 2.51. The summed E-state index contributed by atoms with van der Waals surface area (Å²) in [6.45, 7) is 8.13. The summed E-state index contributed by atoms with van der Waals surface area (Å²) in [5.74, 6) is 0. The molecular weight excluding hydrogens is 177 g/mol. The summed E-state index contributed by atoms with van der Waals surface area (Å²) < 4.78 is 0.146. The first-order valence-corrected chi connectivity index (χ1v) is 2.52. The largest absolute Gasteiger partial charge is 0.303 e. The van der Waals surface area contributed by atoms with Crippen molar-refractivity contribution in [2.45, 2.75) is 11.0 Å². The highest BCUT2D eigenvalue weighted by Gasteiger charge is 1.86. The maximum Gasteiger partial charge on any atom is 0.268 e. The fourth-order valence-electron chi connectivity index (χ4n) is 0. The molecule has 0 N–H and O–H groups in total. The highest BCUT2D eigenvalue weighted by Crippen LogP contribution is 1.96. The minimum absolute atomic E-state index is 0.146. The molecule has 0 aliphatic carbocycles. The summed E-state index contributed by atoms with van der Waals surface area (Å²) in [6, 6.07) is 0. The molecule has 0 bridgehead atoms. The number of halogens is 1. The molecule has 1 nitrogen and oxygen atoms in total. The lowest BCUT2D eigenvalue weighted by molar-refractivity contribution is 1.30. The first-order chi connectivity index (χ1) is 2.27. The summed E-state index contributed by atoms with van der Waals surface area (Å²) >= 11 is 2.05. The van der Waals surface area contributed by atoms with Gasteiger partial charge in [0.2, 0.25) is 0 Å². The maximum atomic E-state index is 6.27. The van der Waals surface area contributed by atoms with Gasteiger partial charge in [0, 0.05) is 29.5 Å². The maximum absolute atomic E-state index is 6.27. The minimum Gasteiger partial charge on any atom is -0.303 e. The Labute approximate surface area is 45.3 Å². The number of nitrogens with zero attached hydrogens (tertiary/aromatic N) is 1. The molecule has 28 valence electrons. The van der Waals surface area contributed by atoms with Crippen LogP contribution in [0.5, 0.6) is 0 Å². The third-order valence-electron chi connectivity index (χ3n) is 0.178. The molecule has 0 fully saturated rings. The smallest absolute Gasteiger partial charge is 0.268 e. The highest BCUT2D eigenvalue weighted by atomic mass is 127. The van der Waals surface area contributed by atoms with Crippen LogP contribution < -0.4 is 0 Å². The Bertz CT molecular complexity index is 52.4. The van der Waals surface area contributed by atoms with Crippen LogP contribution in [-0.2, 0) is 0 Å². The van der Waals surface area contributed by atoms with Gasteiger partial charge in [-0.3, -0.25) is 0 Å². The van der Waals surface area contributed by atoms with E-state index in [9.17, 15) is 0 Å². The molecular formula is C3H4IN. The molecule has 0 aromatic heterocycles. The van der Waals surface area contributed by atoms with Crippen LogP contribution in [0.3, 0.4) is 0 Å². The Hall–Kier alpha value is 0.220. The van der Waals surface area contributed by atoms with Gasteiger partial charge in [0.25, 0.3) is 4.05 Å². The standard InChI is InChI=1S/C3H4IN/c1-3(4)5-2/h3H,1H3. The van der Waals surface area contributed by atoms with Crippen molar-refractivity contribution in [3.8, 4) is 0 Å². The van der Waals surface area contributed by atoms with Crippen molar-refractivity contribution in [2.24, 2.45) is 0 Å². The molecule has 0 aromatic carbocycles. The summed E-state index contributed by atoms with van der Waals surface area (Å²) in [5.41, 5.74) is 0. The summed E-state index contributed by atoms with van der Waals surface area (Å²) in [6.07, 6.45) is 0. The number of hydrogen-bond acceptors (Lipinski definition) is 0. The zero-order chi connectivity index (χ0) is 4.28. The van der Waals surface area contributed by atoms with E-state index in [-0.39, 0.29) is 4.05 Å². The van der Waals surface area contributed by atoms with Gasteiger partial charge in [0.1, 0.15) is 0 Å². The van der Waals surface area contributed by atoms with Crippen LogP contribution in [0, 0.1) is 6.57 Å². The van der Waals surface area contributed by atoms with Gasteiger partial charge in [-0.2, -0.15) is 0 Å². The van der Waals surface area contributed by atoms with Gasteiger partial charge in [-0.15, -0.1) is 0 Å². The summed E-state index contributed by atoms with van der Waals surface area (Å²) in [4.78, 5) is 3.13. The zero-order valence-electron chi connectivity index (χ0n) is 2.90. The molecule has 2 heteroatoms. The number of rotatable bonds is 0. The van der Waals surface area contributed by atoms with Crippen LogP contribution in [-0.4, -0.2) is 4.05 Å². The van der Waals surface area contributed by atoms with Crippen LogP contribution in [0.1, 0.15) is 6.92 Å². The average Bonchev–Trinajstić information content (AvgIpc) is 1.38. The Morgan fingerprint density at radius 1 is 2.00 bits per heavy atom. The SMILES string of the molecule is [C-]#[N+]C(C)I. The Morgan fingerprint density at radius 2 is 2.20 bits per heavy atom. The molecule has 0 saturated heterocycles. The predicted octanol–water partition coefficient (Wildman–Crippen LogP) is 1.69. The van der Waals surface area contributed by atoms with Crippen molar-refractivity contribution in [2.75, 3.05) is 0 Å². The molecule has 1 unspecified atom stereocenters. The minimum atomic E-state index is 0.146.